The van der Waals surface area contributed by atoms with Crippen LogP contribution in [0.4, 0.5) is 4.79 Å². The van der Waals surface area contributed by atoms with Gasteiger partial charge in [-0.1, -0.05) is 12.1 Å². The molecule has 0 spiro atoms. The minimum absolute atomic E-state index is 0.00144. The van der Waals surface area contributed by atoms with E-state index in [0.29, 0.717) is 18.7 Å². The van der Waals surface area contributed by atoms with Crippen molar-refractivity contribution in [3.63, 3.8) is 0 Å². The van der Waals surface area contributed by atoms with Crippen molar-refractivity contribution in [2.45, 2.75) is 51.7 Å². The molecule has 0 saturated carbocycles. The summed E-state index contributed by atoms with van der Waals surface area (Å²) in [6.45, 7) is 6.82. The molecule has 3 amide bonds. The topological polar surface area (TPSA) is 87.7 Å². The highest BCUT2D eigenvalue weighted by atomic mass is 127. The fourth-order valence-corrected chi connectivity index (χ4v) is 3.56. The fraction of sp³-hybridized carbons (Fsp3) is 0.550. The second kappa shape index (κ2) is 10.1. The summed E-state index contributed by atoms with van der Waals surface area (Å²) in [5.74, 6) is -0.0743. The first kappa shape index (κ1) is 22.4. The molecular formula is C20H28IN3O4. The summed E-state index contributed by atoms with van der Waals surface area (Å²) in [6.07, 6.45) is 1.16. The van der Waals surface area contributed by atoms with Gasteiger partial charge in [0.1, 0.15) is 5.60 Å². The standard InChI is InChI=1S/C20H28IN3O4/c1-20(2,3)28-19(27)22-11-8-17(25)24-12-9-14(10-13-24)23-18(26)15-6-4-5-7-16(15)21/h4-7,14H,8-13H2,1-3H3,(H,22,27)(H,23,26). The van der Waals surface area contributed by atoms with Gasteiger partial charge in [-0.2, -0.15) is 0 Å². The van der Waals surface area contributed by atoms with Crippen molar-refractivity contribution < 1.29 is 19.1 Å². The lowest BCUT2D eigenvalue weighted by atomic mass is 10.0. The van der Waals surface area contributed by atoms with Gasteiger partial charge in [-0.3, -0.25) is 9.59 Å². The van der Waals surface area contributed by atoms with Crippen LogP contribution in [0.5, 0.6) is 0 Å². The van der Waals surface area contributed by atoms with Crippen LogP contribution in [0.2, 0.25) is 0 Å². The van der Waals surface area contributed by atoms with E-state index in [2.05, 4.69) is 33.2 Å². The summed E-state index contributed by atoms with van der Waals surface area (Å²) in [7, 11) is 0. The quantitative estimate of drug-likeness (QED) is 0.608. The molecule has 1 aliphatic rings. The van der Waals surface area contributed by atoms with Crippen molar-refractivity contribution in [1.82, 2.24) is 15.5 Å². The molecule has 154 valence electrons. The zero-order valence-electron chi connectivity index (χ0n) is 16.6. The summed E-state index contributed by atoms with van der Waals surface area (Å²) in [6, 6.07) is 7.53. The third-order valence-electron chi connectivity index (χ3n) is 4.31. The number of nitrogens with zero attached hydrogens (tertiary/aromatic N) is 1. The molecule has 1 aromatic carbocycles. The first-order valence-electron chi connectivity index (χ1n) is 9.46. The molecule has 0 atom stereocenters. The van der Waals surface area contributed by atoms with E-state index in [1.54, 1.807) is 25.7 Å². The van der Waals surface area contributed by atoms with Crippen LogP contribution in [0, 0.1) is 3.57 Å². The molecule has 7 nitrogen and oxygen atoms in total. The molecule has 2 rings (SSSR count). The number of nitrogens with one attached hydrogen (secondary N) is 2. The fourth-order valence-electron chi connectivity index (χ4n) is 2.93. The monoisotopic (exact) mass is 501 g/mol. The lowest BCUT2D eigenvalue weighted by Crippen LogP contribution is -2.47. The highest BCUT2D eigenvalue weighted by Crippen LogP contribution is 2.15. The number of amides is 3. The first-order valence-corrected chi connectivity index (χ1v) is 10.5. The van der Waals surface area contributed by atoms with Crippen LogP contribution in [-0.4, -0.2) is 54.1 Å². The van der Waals surface area contributed by atoms with Gasteiger partial charge in [0.25, 0.3) is 5.91 Å². The van der Waals surface area contributed by atoms with Gasteiger partial charge in [0, 0.05) is 35.7 Å². The van der Waals surface area contributed by atoms with Crippen molar-refractivity contribution in [2.24, 2.45) is 0 Å². The summed E-state index contributed by atoms with van der Waals surface area (Å²) in [5, 5.41) is 5.66. The molecule has 28 heavy (non-hydrogen) atoms. The number of benzene rings is 1. The van der Waals surface area contributed by atoms with Gasteiger partial charge in [-0.15, -0.1) is 0 Å². The van der Waals surface area contributed by atoms with Crippen LogP contribution in [0.1, 0.15) is 50.4 Å². The van der Waals surface area contributed by atoms with E-state index in [1.807, 2.05) is 24.3 Å². The van der Waals surface area contributed by atoms with E-state index in [1.165, 1.54) is 0 Å². The Hall–Kier alpha value is -1.84. The highest BCUT2D eigenvalue weighted by molar-refractivity contribution is 14.1. The Morgan fingerprint density at radius 2 is 1.82 bits per heavy atom. The average molecular weight is 501 g/mol. The second-order valence-corrected chi connectivity index (χ2v) is 8.95. The lowest BCUT2D eigenvalue weighted by molar-refractivity contribution is -0.132. The smallest absolute Gasteiger partial charge is 0.407 e. The minimum atomic E-state index is -0.557. The van der Waals surface area contributed by atoms with Crippen molar-refractivity contribution >= 4 is 40.5 Å². The predicted molar refractivity (Wildman–Crippen MR) is 115 cm³/mol. The molecule has 0 aromatic heterocycles. The zero-order chi connectivity index (χ0) is 20.7. The van der Waals surface area contributed by atoms with E-state index < -0.39 is 11.7 Å². The van der Waals surface area contributed by atoms with E-state index in [4.69, 9.17) is 4.74 Å². The SMILES string of the molecule is CC(C)(C)OC(=O)NCCC(=O)N1CCC(NC(=O)c2ccccc2I)CC1. The van der Waals surface area contributed by atoms with Crippen molar-refractivity contribution in [2.75, 3.05) is 19.6 Å². The van der Waals surface area contributed by atoms with Crippen LogP contribution in [0.25, 0.3) is 0 Å². The number of piperidine rings is 1. The molecule has 0 bridgehead atoms. The third kappa shape index (κ3) is 7.29. The molecule has 1 aliphatic heterocycles. The van der Waals surface area contributed by atoms with Gasteiger partial charge in [0.15, 0.2) is 0 Å². The van der Waals surface area contributed by atoms with E-state index in [0.717, 1.165) is 16.4 Å². The molecule has 0 unspecified atom stereocenters. The number of halogens is 1. The Bertz CT molecular complexity index is 710. The molecule has 1 heterocycles. The van der Waals surface area contributed by atoms with E-state index >= 15 is 0 Å². The molecule has 0 aliphatic carbocycles. The molecule has 2 N–H and O–H groups in total. The van der Waals surface area contributed by atoms with Crippen LogP contribution in [0.3, 0.4) is 0 Å². The number of hydrogen-bond donors (Lipinski definition) is 2. The predicted octanol–water partition coefficient (Wildman–Crippen LogP) is 2.93. The van der Waals surface area contributed by atoms with Gasteiger partial charge in [-0.05, 0) is 68.3 Å². The van der Waals surface area contributed by atoms with Gasteiger partial charge in [0.05, 0.1) is 5.56 Å². The van der Waals surface area contributed by atoms with Crippen LogP contribution in [-0.2, 0) is 9.53 Å². The summed E-state index contributed by atoms with van der Waals surface area (Å²) in [4.78, 5) is 38.1. The first-order chi connectivity index (χ1) is 13.2. The molecule has 1 fully saturated rings. The molecule has 8 heteroatoms. The average Bonchev–Trinajstić information content (AvgIpc) is 2.61. The van der Waals surface area contributed by atoms with E-state index in [9.17, 15) is 14.4 Å². The summed E-state index contributed by atoms with van der Waals surface area (Å²) < 4.78 is 6.06. The summed E-state index contributed by atoms with van der Waals surface area (Å²) >= 11 is 2.15. The normalized spacial score (nSPS) is 15.1. The van der Waals surface area contributed by atoms with E-state index in [-0.39, 0.29) is 30.8 Å². The second-order valence-electron chi connectivity index (χ2n) is 7.79. The van der Waals surface area contributed by atoms with Crippen molar-refractivity contribution in [3.05, 3.63) is 33.4 Å². The van der Waals surface area contributed by atoms with Crippen molar-refractivity contribution in [3.8, 4) is 0 Å². The van der Waals surface area contributed by atoms with Gasteiger partial charge >= 0.3 is 6.09 Å². The molecule has 1 aromatic rings. The maximum absolute atomic E-state index is 12.4. The Labute approximate surface area is 179 Å². The Morgan fingerprint density at radius 1 is 1.18 bits per heavy atom. The zero-order valence-corrected chi connectivity index (χ0v) is 18.7. The minimum Gasteiger partial charge on any atom is -0.444 e. The Balaban J connectivity index is 1.70. The molecular weight excluding hydrogens is 473 g/mol. The number of carbonyl (C=O) groups is 3. The van der Waals surface area contributed by atoms with Crippen LogP contribution >= 0.6 is 22.6 Å². The highest BCUT2D eigenvalue weighted by Gasteiger charge is 2.24. The number of likely N-dealkylation sites (tertiary alicyclic amines) is 1. The Kier molecular flexibility index (Phi) is 8.09. The lowest BCUT2D eigenvalue weighted by Gasteiger charge is -2.32. The van der Waals surface area contributed by atoms with Gasteiger partial charge in [0.2, 0.25) is 5.91 Å². The number of carbonyl (C=O) groups excluding carboxylic acids is 3. The van der Waals surface area contributed by atoms with Gasteiger partial charge < -0.3 is 20.3 Å². The van der Waals surface area contributed by atoms with Crippen LogP contribution in [0.15, 0.2) is 24.3 Å². The maximum Gasteiger partial charge on any atom is 0.407 e. The molecule has 0 radical (unpaired) electrons. The maximum atomic E-state index is 12.4. The number of alkyl carbamates (subject to hydrolysis) is 1. The van der Waals surface area contributed by atoms with Crippen molar-refractivity contribution in [1.29, 1.82) is 0 Å². The molecule has 1 saturated heterocycles. The third-order valence-corrected chi connectivity index (χ3v) is 5.25. The van der Waals surface area contributed by atoms with Crippen LogP contribution < -0.4 is 10.6 Å². The number of rotatable bonds is 5. The largest absolute Gasteiger partial charge is 0.444 e. The summed E-state index contributed by atoms with van der Waals surface area (Å²) in [5.41, 5.74) is 0.118. The Morgan fingerprint density at radius 3 is 2.43 bits per heavy atom. The van der Waals surface area contributed by atoms with Gasteiger partial charge in [-0.25, -0.2) is 4.79 Å². The number of ether oxygens (including phenoxy) is 1. The number of hydrogen-bond acceptors (Lipinski definition) is 4.